The van der Waals surface area contributed by atoms with E-state index in [1.54, 1.807) is 0 Å². The van der Waals surface area contributed by atoms with Gasteiger partial charge in [0.2, 0.25) is 0 Å². The average molecular weight is 228 g/mol. The van der Waals surface area contributed by atoms with Crippen molar-refractivity contribution >= 4 is 5.78 Å². The summed E-state index contributed by atoms with van der Waals surface area (Å²) in [4.78, 5) is 12.5. The van der Waals surface area contributed by atoms with E-state index in [1.165, 1.54) is 0 Å². The summed E-state index contributed by atoms with van der Waals surface area (Å²) in [6, 6.07) is 0. The third kappa shape index (κ3) is 2.48. The van der Waals surface area contributed by atoms with Crippen molar-refractivity contribution in [2.24, 2.45) is 16.2 Å². The fourth-order valence-electron chi connectivity index (χ4n) is 2.35. The van der Waals surface area contributed by atoms with Gasteiger partial charge in [-0.25, -0.2) is 0 Å². The van der Waals surface area contributed by atoms with Crippen LogP contribution in [0, 0.1) is 16.2 Å². The number of ketones is 1. The Balaban J connectivity index is 5.74. The summed E-state index contributed by atoms with van der Waals surface area (Å²) < 4.78 is 0. The zero-order valence-corrected chi connectivity index (χ0v) is 12.4. The number of carbonyl (C=O) groups excluding carboxylic acids is 1. The SMILES string of the molecule is CC(C)(C)C(=O)C(O)(C(C)(C)C)C(C)(C)C. The molecule has 0 aromatic carbocycles. The minimum atomic E-state index is -1.32. The molecule has 0 unspecified atom stereocenters. The first-order valence-electron chi connectivity index (χ1n) is 5.93. The maximum Gasteiger partial charge on any atom is 0.170 e. The van der Waals surface area contributed by atoms with Gasteiger partial charge in [-0.05, 0) is 10.8 Å². The Hall–Kier alpha value is -0.370. The van der Waals surface area contributed by atoms with Crippen LogP contribution in [0.2, 0.25) is 0 Å². The lowest BCUT2D eigenvalue weighted by Gasteiger charge is -2.50. The molecule has 0 aliphatic carbocycles. The summed E-state index contributed by atoms with van der Waals surface area (Å²) >= 11 is 0. The summed E-state index contributed by atoms with van der Waals surface area (Å²) in [5.41, 5.74) is -2.81. The lowest BCUT2D eigenvalue weighted by Crippen LogP contribution is -2.62. The molecule has 0 bridgehead atoms. The van der Waals surface area contributed by atoms with Gasteiger partial charge >= 0.3 is 0 Å². The second-order valence-corrected chi connectivity index (χ2v) is 7.79. The highest BCUT2D eigenvalue weighted by Gasteiger charge is 2.57. The van der Waals surface area contributed by atoms with E-state index in [4.69, 9.17) is 0 Å². The van der Waals surface area contributed by atoms with Crippen LogP contribution in [0.25, 0.3) is 0 Å². The number of hydrogen-bond donors (Lipinski definition) is 1. The van der Waals surface area contributed by atoms with Gasteiger partial charge in [-0.2, -0.15) is 0 Å². The van der Waals surface area contributed by atoms with Crippen molar-refractivity contribution in [3.05, 3.63) is 0 Å². The van der Waals surface area contributed by atoms with Crippen LogP contribution < -0.4 is 0 Å². The molecule has 0 saturated carbocycles. The summed E-state index contributed by atoms with van der Waals surface area (Å²) in [7, 11) is 0. The lowest BCUT2D eigenvalue weighted by molar-refractivity contribution is -0.179. The van der Waals surface area contributed by atoms with Crippen molar-refractivity contribution in [1.29, 1.82) is 0 Å². The van der Waals surface area contributed by atoms with E-state index >= 15 is 0 Å². The fourth-order valence-corrected chi connectivity index (χ4v) is 2.35. The maximum atomic E-state index is 12.5. The third-order valence-corrected chi connectivity index (χ3v) is 3.18. The largest absolute Gasteiger partial charge is 0.381 e. The van der Waals surface area contributed by atoms with E-state index in [0.717, 1.165) is 0 Å². The van der Waals surface area contributed by atoms with Gasteiger partial charge in [0.25, 0.3) is 0 Å². The molecule has 0 atom stereocenters. The first-order valence-corrected chi connectivity index (χ1v) is 5.93. The average Bonchev–Trinajstić information content (AvgIpc) is 1.95. The quantitative estimate of drug-likeness (QED) is 0.746. The third-order valence-electron chi connectivity index (χ3n) is 3.18. The van der Waals surface area contributed by atoms with Gasteiger partial charge in [0.1, 0.15) is 5.60 Å². The maximum absolute atomic E-state index is 12.5. The van der Waals surface area contributed by atoms with Gasteiger partial charge in [-0.3, -0.25) is 4.79 Å². The van der Waals surface area contributed by atoms with Crippen LogP contribution >= 0.6 is 0 Å². The van der Waals surface area contributed by atoms with Crippen molar-refractivity contribution in [3.8, 4) is 0 Å². The molecule has 0 aliphatic heterocycles. The first kappa shape index (κ1) is 15.6. The van der Waals surface area contributed by atoms with Gasteiger partial charge < -0.3 is 5.11 Å². The molecule has 0 aliphatic rings. The van der Waals surface area contributed by atoms with Crippen LogP contribution in [-0.4, -0.2) is 16.5 Å². The minimum Gasteiger partial charge on any atom is -0.381 e. The molecule has 2 nitrogen and oxygen atoms in total. The molecule has 0 fully saturated rings. The van der Waals surface area contributed by atoms with E-state index in [2.05, 4.69) is 0 Å². The highest BCUT2D eigenvalue weighted by atomic mass is 16.3. The van der Waals surface area contributed by atoms with Gasteiger partial charge in [-0.1, -0.05) is 62.3 Å². The van der Waals surface area contributed by atoms with Crippen LogP contribution in [0.3, 0.4) is 0 Å². The minimum absolute atomic E-state index is 0.0833. The summed E-state index contributed by atoms with van der Waals surface area (Å²) in [6.07, 6.45) is 0. The summed E-state index contributed by atoms with van der Waals surface area (Å²) in [5.74, 6) is -0.0833. The Labute approximate surface area is 100 Å². The summed E-state index contributed by atoms with van der Waals surface area (Å²) in [6.45, 7) is 17.1. The molecule has 0 saturated heterocycles. The highest BCUT2D eigenvalue weighted by molar-refractivity contribution is 5.93. The summed E-state index contributed by atoms with van der Waals surface area (Å²) in [5, 5.41) is 10.9. The van der Waals surface area contributed by atoms with Crippen molar-refractivity contribution in [2.45, 2.75) is 67.9 Å². The van der Waals surface area contributed by atoms with Crippen LogP contribution in [0.1, 0.15) is 62.3 Å². The standard InChI is InChI=1S/C14H28O2/c1-11(2,3)10(15)14(16,12(4,5)6)13(7,8)9/h16H,1-9H3. The fraction of sp³-hybridized carbons (Fsp3) is 0.929. The topological polar surface area (TPSA) is 37.3 Å². The second-order valence-electron chi connectivity index (χ2n) is 7.79. The van der Waals surface area contributed by atoms with Crippen molar-refractivity contribution in [2.75, 3.05) is 0 Å². The number of hydrogen-bond acceptors (Lipinski definition) is 2. The van der Waals surface area contributed by atoms with E-state index in [0.29, 0.717) is 0 Å². The monoisotopic (exact) mass is 228 g/mol. The number of aliphatic hydroxyl groups is 1. The molecule has 0 amide bonds. The van der Waals surface area contributed by atoms with Crippen LogP contribution in [0.15, 0.2) is 0 Å². The molecular formula is C14H28O2. The molecule has 96 valence electrons. The number of carbonyl (C=O) groups is 1. The smallest absolute Gasteiger partial charge is 0.170 e. The Bertz CT molecular complexity index is 255. The molecule has 0 heterocycles. The zero-order valence-electron chi connectivity index (χ0n) is 12.4. The molecule has 0 radical (unpaired) electrons. The molecule has 0 aromatic heterocycles. The van der Waals surface area contributed by atoms with E-state index in [1.807, 2.05) is 62.3 Å². The lowest BCUT2D eigenvalue weighted by atomic mass is 9.57. The van der Waals surface area contributed by atoms with E-state index in [-0.39, 0.29) is 5.78 Å². The normalized spacial score (nSPS) is 15.1. The molecule has 2 heteroatoms. The molecular weight excluding hydrogens is 200 g/mol. The predicted octanol–water partition coefficient (Wildman–Crippen LogP) is 3.42. The first-order chi connectivity index (χ1) is 6.65. The zero-order chi connectivity index (χ0) is 13.6. The van der Waals surface area contributed by atoms with Gasteiger partial charge in [0.15, 0.2) is 5.78 Å². The van der Waals surface area contributed by atoms with Gasteiger partial charge in [-0.15, -0.1) is 0 Å². The number of rotatable bonds is 1. The van der Waals surface area contributed by atoms with Crippen molar-refractivity contribution in [3.63, 3.8) is 0 Å². The van der Waals surface area contributed by atoms with Crippen LogP contribution in [-0.2, 0) is 4.79 Å². The van der Waals surface area contributed by atoms with Gasteiger partial charge in [0.05, 0.1) is 0 Å². The highest BCUT2D eigenvalue weighted by Crippen LogP contribution is 2.47. The van der Waals surface area contributed by atoms with E-state index in [9.17, 15) is 9.90 Å². The van der Waals surface area contributed by atoms with Crippen molar-refractivity contribution in [1.82, 2.24) is 0 Å². The molecule has 0 aromatic rings. The van der Waals surface area contributed by atoms with Gasteiger partial charge in [0, 0.05) is 5.41 Å². The van der Waals surface area contributed by atoms with Crippen LogP contribution in [0.5, 0.6) is 0 Å². The Morgan fingerprint density at radius 2 is 1.00 bits per heavy atom. The Morgan fingerprint density at radius 1 is 0.750 bits per heavy atom. The van der Waals surface area contributed by atoms with Crippen molar-refractivity contribution < 1.29 is 9.90 Å². The second kappa shape index (κ2) is 3.83. The molecule has 1 N–H and O–H groups in total. The molecule has 0 rings (SSSR count). The molecule has 0 spiro atoms. The van der Waals surface area contributed by atoms with Crippen LogP contribution in [0.4, 0.5) is 0 Å². The molecule has 16 heavy (non-hydrogen) atoms. The predicted molar refractivity (Wildman–Crippen MR) is 68.3 cm³/mol. The number of Topliss-reactive ketones (excluding diaryl/α,β-unsaturated/α-hetero) is 1. The Kier molecular flexibility index (Phi) is 3.74. The van der Waals surface area contributed by atoms with E-state index < -0.39 is 21.8 Å². The Morgan fingerprint density at radius 3 is 1.06 bits per heavy atom.